The Balaban J connectivity index is 1.30. The Morgan fingerprint density at radius 3 is 2.29 bits per heavy atom. The average molecular weight is 490 g/mol. The van der Waals surface area contributed by atoms with Gasteiger partial charge < -0.3 is 10.1 Å². The summed E-state index contributed by atoms with van der Waals surface area (Å²) in [5.41, 5.74) is 1.40. The van der Waals surface area contributed by atoms with Crippen LogP contribution in [-0.2, 0) is 21.3 Å². The number of hydrogen-bond donors (Lipinski definition) is 1. The van der Waals surface area contributed by atoms with Crippen LogP contribution >= 0.6 is 0 Å². The summed E-state index contributed by atoms with van der Waals surface area (Å²) < 4.78 is 32.2. The third-order valence-corrected chi connectivity index (χ3v) is 8.13. The molecule has 2 aromatic carbocycles. The van der Waals surface area contributed by atoms with Gasteiger partial charge in [-0.05, 0) is 17.7 Å². The summed E-state index contributed by atoms with van der Waals surface area (Å²) in [6, 6.07) is 14.5. The smallest absolute Gasteiger partial charge is 0.293 e. The molecule has 2 fully saturated rings. The summed E-state index contributed by atoms with van der Waals surface area (Å²) in [6.45, 7) is 7.19. The molecule has 2 aliphatic rings. The molecule has 0 atom stereocenters. The van der Waals surface area contributed by atoms with Gasteiger partial charge in [0.25, 0.3) is 5.69 Å². The zero-order chi connectivity index (χ0) is 24.0. The summed E-state index contributed by atoms with van der Waals surface area (Å²) in [6.07, 6.45) is 0. The molecule has 184 valence electrons. The predicted molar refractivity (Wildman–Crippen MR) is 129 cm³/mol. The molecule has 0 unspecified atom stereocenters. The van der Waals surface area contributed by atoms with Gasteiger partial charge in [-0.25, -0.2) is 8.42 Å². The first-order chi connectivity index (χ1) is 16.4. The molecule has 1 N–H and O–H groups in total. The normalized spacial score (nSPS) is 18.6. The van der Waals surface area contributed by atoms with Gasteiger partial charge in [0.1, 0.15) is 5.69 Å². The zero-order valence-corrected chi connectivity index (χ0v) is 20.0. The summed E-state index contributed by atoms with van der Waals surface area (Å²) in [7, 11) is -3.79. The summed E-state index contributed by atoms with van der Waals surface area (Å²) in [4.78, 5) is 15.8. The van der Waals surface area contributed by atoms with Gasteiger partial charge in [-0.1, -0.05) is 30.3 Å². The van der Waals surface area contributed by atoms with Crippen LogP contribution in [0.25, 0.3) is 0 Å². The first-order valence-electron chi connectivity index (χ1n) is 11.5. The molecule has 34 heavy (non-hydrogen) atoms. The molecule has 0 amide bonds. The SMILES string of the molecule is O=[N+]([O-])c1cc(S(=O)(=O)N2CCOCC2)ccc1NCCN1CCN(Cc2ccccc2)CC1. The highest BCUT2D eigenvalue weighted by Gasteiger charge is 2.29. The highest BCUT2D eigenvalue weighted by atomic mass is 32.2. The van der Waals surface area contributed by atoms with Gasteiger partial charge >= 0.3 is 0 Å². The molecule has 2 heterocycles. The van der Waals surface area contributed by atoms with Crippen LogP contribution in [0.1, 0.15) is 5.56 Å². The number of anilines is 1. The van der Waals surface area contributed by atoms with E-state index < -0.39 is 14.9 Å². The van der Waals surface area contributed by atoms with Crippen molar-refractivity contribution in [3.8, 4) is 0 Å². The highest BCUT2D eigenvalue weighted by molar-refractivity contribution is 7.89. The van der Waals surface area contributed by atoms with Crippen LogP contribution in [0.2, 0.25) is 0 Å². The van der Waals surface area contributed by atoms with Gasteiger partial charge in [0, 0.05) is 65.0 Å². The summed E-state index contributed by atoms with van der Waals surface area (Å²) in [5.74, 6) is 0. The molecule has 0 aliphatic carbocycles. The van der Waals surface area contributed by atoms with Crippen molar-refractivity contribution < 1.29 is 18.1 Å². The van der Waals surface area contributed by atoms with Crippen molar-refractivity contribution in [2.24, 2.45) is 0 Å². The highest BCUT2D eigenvalue weighted by Crippen LogP contribution is 2.29. The number of ether oxygens (including phenoxy) is 1. The Hall–Kier alpha value is -2.57. The van der Waals surface area contributed by atoms with Crippen LogP contribution in [0.5, 0.6) is 0 Å². The maximum atomic E-state index is 12.9. The molecular weight excluding hydrogens is 458 g/mol. The van der Waals surface area contributed by atoms with E-state index in [1.54, 1.807) is 0 Å². The lowest BCUT2D eigenvalue weighted by Crippen LogP contribution is -2.47. The Labute approximate surface area is 200 Å². The Morgan fingerprint density at radius 2 is 1.62 bits per heavy atom. The van der Waals surface area contributed by atoms with Crippen LogP contribution < -0.4 is 5.32 Å². The number of benzene rings is 2. The Morgan fingerprint density at radius 1 is 0.941 bits per heavy atom. The van der Waals surface area contributed by atoms with Gasteiger partial charge in [0.05, 0.1) is 23.0 Å². The molecule has 0 spiro atoms. The van der Waals surface area contributed by atoms with E-state index in [1.807, 2.05) is 6.07 Å². The van der Waals surface area contributed by atoms with Crippen molar-refractivity contribution in [1.29, 1.82) is 0 Å². The molecule has 4 rings (SSSR count). The van der Waals surface area contributed by atoms with Gasteiger partial charge in [0.15, 0.2) is 0 Å². The molecule has 2 aliphatic heterocycles. The Bertz CT molecular complexity index is 1070. The minimum absolute atomic E-state index is 0.0683. The van der Waals surface area contributed by atoms with E-state index in [2.05, 4.69) is 39.4 Å². The number of nitrogens with zero attached hydrogens (tertiary/aromatic N) is 4. The van der Waals surface area contributed by atoms with E-state index >= 15 is 0 Å². The van der Waals surface area contributed by atoms with E-state index in [0.717, 1.165) is 45.3 Å². The minimum Gasteiger partial charge on any atom is -0.379 e. The van der Waals surface area contributed by atoms with Crippen LogP contribution in [0.4, 0.5) is 11.4 Å². The van der Waals surface area contributed by atoms with Crippen LogP contribution in [-0.4, -0.2) is 93.0 Å². The first-order valence-corrected chi connectivity index (χ1v) is 13.0. The number of rotatable bonds is 9. The fourth-order valence-corrected chi connectivity index (χ4v) is 5.70. The van der Waals surface area contributed by atoms with Crippen molar-refractivity contribution >= 4 is 21.4 Å². The van der Waals surface area contributed by atoms with Crippen molar-refractivity contribution in [2.45, 2.75) is 11.4 Å². The molecule has 0 radical (unpaired) electrons. The maximum absolute atomic E-state index is 12.9. The molecule has 0 aromatic heterocycles. The Kier molecular flexibility index (Phi) is 8.11. The minimum atomic E-state index is -3.79. The van der Waals surface area contributed by atoms with E-state index in [4.69, 9.17) is 4.74 Å². The fourth-order valence-electron chi connectivity index (χ4n) is 4.27. The number of nitro groups is 1. The van der Waals surface area contributed by atoms with Gasteiger partial charge in [-0.15, -0.1) is 0 Å². The van der Waals surface area contributed by atoms with Gasteiger partial charge in [-0.3, -0.25) is 19.9 Å². The lowest BCUT2D eigenvalue weighted by molar-refractivity contribution is -0.384. The lowest BCUT2D eigenvalue weighted by Gasteiger charge is -2.34. The van der Waals surface area contributed by atoms with Crippen LogP contribution in [0, 0.1) is 10.1 Å². The molecule has 11 heteroatoms. The van der Waals surface area contributed by atoms with Gasteiger partial charge in [0.2, 0.25) is 10.0 Å². The monoisotopic (exact) mass is 489 g/mol. The van der Waals surface area contributed by atoms with Crippen molar-refractivity contribution in [2.75, 3.05) is 70.9 Å². The lowest BCUT2D eigenvalue weighted by atomic mass is 10.2. The average Bonchev–Trinajstić information content (AvgIpc) is 2.86. The van der Waals surface area contributed by atoms with E-state index in [0.29, 0.717) is 25.4 Å². The van der Waals surface area contributed by atoms with Crippen molar-refractivity contribution in [3.05, 3.63) is 64.2 Å². The number of morpholine rings is 1. The fraction of sp³-hybridized carbons (Fsp3) is 0.478. The summed E-state index contributed by atoms with van der Waals surface area (Å²) >= 11 is 0. The standard InChI is InChI=1S/C23H31N5O5S/c29-28(30)23-18-21(34(31,32)27-14-16-33-17-15-27)6-7-22(23)24-8-9-25-10-12-26(13-11-25)19-20-4-2-1-3-5-20/h1-7,18,24H,8-17,19H2. The van der Waals surface area contributed by atoms with Crippen molar-refractivity contribution in [1.82, 2.24) is 14.1 Å². The van der Waals surface area contributed by atoms with Crippen LogP contribution in [0.3, 0.4) is 0 Å². The van der Waals surface area contributed by atoms with E-state index in [1.165, 1.54) is 22.0 Å². The number of nitro benzene ring substituents is 1. The summed E-state index contributed by atoms with van der Waals surface area (Å²) in [5, 5.41) is 14.8. The predicted octanol–water partition coefficient (Wildman–Crippen LogP) is 1.85. The molecule has 10 nitrogen and oxygen atoms in total. The molecule has 2 saturated heterocycles. The topological polar surface area (TPSA) is 108 Å². The molecule has 0 bridgehead atoms. The third kappa shape index (κ3) is 6.10. The van der Waals surface area contributed by atoms with Crippen molar-refractivity contribution in [3.63, 3.8) is 0 Å². The number of hydrogen-bond acceptors (Lipinski definition) is 8. The molecular formula is C23H31N5O5S. The number of piperazine rings is 1. The number of sulfonamides is 1. The van der Waals surface area contributed by atoms with Gasteiger partial charge in [-0.2, -0.15) is 4.31 Å². The molecule has 0 saturated carbocycles. The number of nitrogens with one attached hydrogen (secondary N) is 1. The zero-order valence-electron chi connectivity index (χ0n) is 19.1. The second-order valence-electron chi connectivity index (χ2n) is 8.48. The van der Waals surface area contributed by atoms with E-state index in [9.17, 15) is 18.5 Å². The largest absolute Gasteiger partial charge is 0.379 e. The molecule has 2 aromatic rings. The maximum Gasteiger partial charge on any atom is 0.293 e. The third-order valence-electron chi connectivity index (χ3n) is 6.23. The first kappa shape index (κ1) is 24.6. The second-order valence-corrected chi connectivity index (χ2v) is 10.4. The van der Waals surface area contributed by atoms with E-state index in [-0.39, 0.29) is 23.7 Å². The quantitative estimate of drug-likeness (QED) is 0.420. The van der Waals surface area contributed by atoms with Crippen LogP contribution in [0.15, 0.2) is 53.4 Å². The second kappa shape index (κ2) is 11.2.